The molecule has 0 aliphatic heterocycles. The summed E-state index contributed by atoms with van der Waals surface area (Å²) in [4.78, 5) is 24.2. The van der Waals surface area contributed by atoms with Gasteiger partial charge in [0.25, 0.3) is 0 Å². The van der Waals surface area contributed by atoms with Gasteiger partial charge in [-0.1, -0.05) is 23.2 Å². The van der Waals surface area contributed by atoms with Crippen molar-refractivity contribution in [2.75, 3.05) is 0 Å². The Morgan fingerprint density at radius 2 is 1.00 bits per heavy atom. The first-order valence-electron chi connectivity index (χ1n) is 8.07. The molecular formula is C22H14Cl2O3. The number of furan rings is 1. The van der Waals surface area contributed by atoms with Crippen LogP contribution in [0.1, 0.15) is 32.2 Å². The van der Waals surface area contributed by atoms with Gasteiger partial charge in [0.1, 0.15) is 11.5 Å². The van der Waals surface area contributed by atoms with E-state index in [2.05, 4.69) is 0 Å². The zero-order valence-electron chi connectivity index (χ0n) is 14.1. The second-order valence-corrected chi connectivity index (χ2v) is 6.52. The maximum atomic E-state index is 12.1. The standard InChI is InChI=1S/C22H14Cl2O3/c23-17-5-1-15(2-6-17)21(25)13-11-19-9-10-20(27-19)12-14-22(26)16-3-7-18(24)8-4-16/h1-14H/b13-11+,14-12+. The smallest absolute Gasteiger partial charge is 0.185 e. The first-order valence-corrected chi connectivity index (χ1v) is 8.83. The fraction of sp³-hybridized carbons (Fsp3) is 0. The Bertz CT molecular complexity index is 928. The number of allylic oxidation sites excluding steroid dienone is 2. The van der Waals surface area contributed by atoms with Crippen LogP contribution in [0.4, 0.5) is 0 Å². The average Bonchev–Trinajstić information content (AvgIpc) is 3.13. The van der Waals surface area contributed by atoms with Crippen molar-refractivity contribution in [2.45, 2.75) is 0 Å². The Hall–Kier alpha value is -2.88. The summed E-state index contributed by atoms with van der Waals surface area (Å²) in [5.74, 6) is 0.711. The van der Waals surface area contributed by atoms with Crippen molar-refractivity contribution in [2.24, 2.45) is 0 Å². The lowest BCUT2D eigenvalue weighted by Crippen LogP contribution is -1.93. The first kappa shape index (κ1) is 18.9. The topological polar surface area (TPSA) is 47.3 Å². The molecule has 0 amide bonds. The van der Waals surface area contributed by atoms with Crippen LogP contribution in [-0.2, 0) is 0 Å². The van der Waals surface area contributed by atoms with Gasteiger partial charge in [-0.15, -0.1) is 0 Å². The van der Waals surface area contributed by atoms with Gasteiger partial charge in [-0.05, 0) is 85.0 Å². The molecule has 27 heavy (non-hydrogen) atoms. The summed E-state index contributed by atoms with van der Waals surface area (Å²) >= 11 is 11.6. The van der Waals surface area contributed by atoms with Gasteiger partial charge in [-0.2, -0.15) is 0 Å². The number of hydrogen-bond acceptors (Lipinski definition) is 3. The van der Waals surface area contributed by atoms with E-state index < -0.39 is 0 Å². The third-order valence-electron chi connectivity index (χ3n) is 3.70. The van der Waals surface area contributed by atoms with E-state index in [1.54, 1.807) is 72.8 Å². The average molecular weight is 397 g/mol. The lowest BCUT2D eigenvalue weighted by molar-refractivity contribution is 0.103. The lowest BCUT2D eigenvalue weighted by atomic mass is 10.1. The van der Waals surface area contributed by atoms with Crippen molar-refractivity contribution in [3.05, 3.63) is 106 Å². The van der Waals surface area contributed by atoms with E-state index in [1.165, 1.54) is 12.2 Å². The zero-order chi connectivity index (χ0) is 19.2. The molecular weight excluding hydrogens is 383 g/mol. The van der Waals surface area contributed by atoms with Crippen molar-refractivity contribution in [3.8, 4) is 0 Å². The molecule has 0 aliphatic rings. The maximum absolute atomic E-state index is 12.1. The van der Waals surface area contributed by atoms with E-state index in [9.17, 15) is 9.59 Å². The van der Waals surface area contributed by atoms with Crippen molar-refractivity contribution in [3.63, 3.8) is 0 Å². The molecule has 0 N–H and O–H groups in total. The molecule has 0 aliphatic carbocycles. The monoisotopic (exact) mass is 396 g/mol. The van der Waals surface area contributed by atoms with Crippen molar-refractivity contribution in [1.29, 1.82) is 0 Å². The minimum Gasteiger partial charge on any atom is -0.457 e. The summed E-state index contributed by atoms with van der Waals surface area (Å²) in [6.45, 7) is 0. The van der Waals surface area contributed by atoms with Crippen LogP contribution in [0, 0.1) is 0 Å². The van der Waals surface area contributed by atoms with E-state index in [0.717, 1.165) is 0 Å². The Morgan fingerprint density at radius 1 is 0.630 bits per heavy atom. The third kappa shape index (κ3) is 5.30. The van der Waals surface area contributed by atoms with Crippen LogP contribution in [0.5, 0.6) is 0 Å². The van der Waals surface area contributed by atoms with Crippen LogP contribution >= 0.6 is 23.2 Å². The summed E-state index contributed by atoms with van der Waals surface area (Å²) in [6, 6.07) is 16.7. The SMILES string of the molecule is O=C(/C=C/c1ccc(/C=C/C(=O)c2ccc(Cl)cc2)o1)c1ccc(Cl)cc1. The van der Waals surface area contributed by atoms with Gasteiger partial charge in [-0.25, -0.2) is 0 Å². The largest absolute Gasteiger partial charge is 0.457 e. The number of carbonyl (C=O) groups is 2. The van der Waals surface area contributed by atoms with Gasteiger partial charge in [0.15, 0.2) is 11.6 Å². The normalized spacial score (nSPS) is 11.3. The van der Waals surface area contributed by atoms with Crippen LogP contribution in [0.25, 0.3) is 12.2 Å². The van der Waals surface area contributed by atoms with E-state index >= 15 is 0 Å². The molecule has 0 spiro atoms. The predicted octanol–water partition coefficient (Wildman–Crippen LogP) is 6.38. The molecule has 5 heteroatoms. The molecule has 0 bridgehead atoms. The van der Waals surface area contributed by atoms with Crippen LogP contribution in [0.3, 0.4) is 0 Å². The van der Waals surface area contributed by atoms with Gasteiger partial charge in [0.2, 0.25) is 0 Å². The molecule has 134 valence electrons. The van der Waals surface area contributed by atoms with E-state index in [0.29, 0.717) is 32.7 Å². The van der Waals surface area contributed by atoms with Gasteiger partial charge >= 0.3 is 0 Å². The van der Waals surface area contributed by atoms with Gasteiger partial charge in [-0.3, -0.25) is 9.59 Å². The maximum Gasteiger partial charge on any atom is 0.185 e. The molecule has 3 nitrogen and oxygen atoms in total. The molecule has 3 rings (SSSR count). The fourth-order valence-electron chi connectivity index (χ4n) is 2.28. The van der Waals surface area contributed by atoms with Gasteiger partial charge < -0.3 is 4.42 Å². The summed E-state index contributed by atoms with van der Waals surface area (Å²) < 4.78 is 5.57. The second-order valence-electron chi connectivity index (χ2n) is 5.65. The molecule has 3 aromatic rings. The van der Waals surface area contributed by atoms with Crippen LogP contribution in [-0.4, -0.2) is 11.6 Å². The molecule has 0 saturated carbocycles. The zero-order valence-corrected chi connectivity index (χ0v) is 15.6. The third-order valence-corrected chi connectivity index (χ3v) is 4.21. The highest BCUT2D eigenvalue weighted by atomic mass is 35.5. The fourth-order valence-corrected chi connectivity index (χ4v) is 2.54. The molecule has 0 unspecified atom stereocenters. The number of carbonyl (C=O) groups excluding carboxylic acids is 2. The minimum absolute atomic E-state index is 0.155. The van der Waals surface area contributed by atoms with E-state index in [1.807, 2.05) is 0 Å². The Balaban J connectivity index is 1.64. The predicted molar refractivity (Wildman–Crippen MR) is 108 cm³/mol. The quantitative estimate of drug-likeness (QED) is 0.358. The Morgan fingerprint density at radius 3 is 1.37 bits per heavy atom. The van der Waals surface area contributed by atoms with Crippen molar-refractivity contribution >= 4 is 46.9 Å². The highest BCUT2D eigenvalue weighted by Crippen LogP contribution is 2.15. The number of halogens is 2. The van der Waals surface area contributed by atoms with Crippen LogP contribution in [0.2, 0.25) is 10.0 Å². The molecule has 0 radical (unpaired) electrons. The van der Waals surface area contributed by atoms with Crippen molar-refractivity contribution < 1.29 is 14.0 Å². The Labute approximate surface area is 166 Å². The first-order chi connectivity index (χ1) is 13.0. The molecule has 0 saturated heterocycles. The second kappa shape index (κ2) is 8.67. The molecule has 0 fully saturated rings. The summed E-state index contributed by atoms with van der Waals surface area (Å²) in [5.41, 5.74) is 1.08. The van der Waals surface area contributed by atoms with Crippen LogP contribution in [0.15, 0.2) is 77.2 Å². The minimum atomic E-state index is -0.155. The highest BCUT2D eigenvalue weighted by Gasteiger charge is 2.04. The molecule has 2 aromatic carbocycles. The molecule has 0 atom stereocenters. The molecule has 1 heterocycles. The van der Waals surface area contributed by atoms with Gasteiger partial charge in [0.05, 0.1) is 0 Å². The summed E-state index contributed by atoms with van der Waals surface area (Å²) in [7, 11) is 0. The number of rotatable bonds is 6. The summed E-state index contributed by atoms with van der Waals surface area (Å²) in [5, 5.41) is 1.15. The van der Waals surface area contributed by atoms with E-state index in [-0.39, 0.29) is 11.6 Å². The summed E-state index contributed by atoms with van der Waals surface area (Å²) in [6.07, 6.45) is 6.01. The van der Waals surface area contributed by atoms with Crippen LogP contribution < -0.4 is 0 Å². The van der Waals surface area contributed by atoms with E-state index in [4.69, 9.17) is 27.6 Å². The number of benzene rings is 2. The molecule has 1 aromatic heterocycles. The number of hydrogen-bond donors (Lipinski definition) is 0. The van der Waals surface area contributed by atoms with Crippen molar-refractivity contribution in [1.82, 2.24) is 0 Å². The lowest BCUT2D eigenvalue weighted by Gasteiger charge is -1.95. The highest BCUT2D eigenvalue weighted by molar-refractivity contribution is 6.31. The number of ketones is 2. The Kier molecular flexibility index (Phi) is 6.07. The van der Waals surface area contributed by atoms with Gasteiger partial charge in [0, 0.05) is 21.2 Å².